The van der Waals surface area contributed by atoms with Crippen LogP contribution < -0.4 is 9.62 Å². The van der Waals surface area contributed by atoms with Gasteiger partial charge in [-0.2, -0.15) is 0 Å². The number of amides is 1. The van der Waals surface area contributed by atoms with Gasteiger partial charge in [0.15, 0.2) is 0 Å². The van der Waals surface area contributed by atoms with Gasteiger partial charge in [-0.15, -0.1) is 0 Å². The maximum absolute atomic E-state index is 12.6. The minimum Gasteiger partial charge on any atom is -0.462 e. The number of anilines is 2. The van der Waals surface area contributed by atoms with Crippen molar-refractivity contribution in [2.24, 2.45) is 0 Å². The number of hydrogen-bond acceptors (Lipinski definition) is 5. The molecule has 168 valence electrons. The molecule has 0 radical (unpaired) electrons. The molecule has 9 heteroatoms. The molecule has 0 fully saturated rings. The summed E-state index contributed by atoms with van der Waals surface area (Å²) in [4.78, 5) is 24.6. The molecule has 0 aliphatic rings. The predicted molar refractivity (Wildman–Crippen MR) is 123 cm³/mol. The van der Waals surface area contributed by atoms with E-state index in [1.165, 1.54) is 18.2 Å². The minimum absolute atomic E-state index is 0.0863. The van der Waals surface area contributed by atoms with Gasteiger partial charge < -0.3 is 10.1 Å². The largest absolute Gasteiger partial charge is 0.462 e. The lowest BCUT2D eigenvalue weighted by Gasteiger charge is -2.24. The van der Waals surface area contributed by atoms with Gasteiger partial charge in [-0.05, 0) is 48.2 Å². The van der Waals surface area contributed by atoms with E-state index >= 15 is 0 Å². The SMILES string of the molecule is CCOC(=O)c1cc(NC(=O)CN(c2ccc(C(C)(C)C)cc2)S(C)(=O)=O)ccc1Cl. The quantitative estimate of drug-likeness (QED) is 0.616. The molecule has 2 rings (SSSR count). The standard InChI is InChI=1S/C22H27ClN2O5S/c1-6-30-21(27)18-13-16(9-12-19(18)23)24-20(26)14-25(31(5,28)29)17-10-7-15(8-11-17)22(2,3)4/h7-13H,6,14H2,1-5H3,(H,24,26). The van der Waals surface area contributed by atoms with Crippen LogP contribution in [0.1, 0.15) is 43.6 Å². The lowest BCUT2D eigenvalue weighted by molar-refractivity contribution is -0.114. The van der Waals surface area contributed by atoms with Gasteiger partial charge in [0.25, 0.3) is 0 Å². The van der Waals surface area contributed by atoms with E-state index in [1.54, 1.807) is 19.1 Å². The van der Waals surface area contributed by atoms with Crippen molar-refractivity contribution in [3.05, 3.63) is 58.6 Å². The Morgan fingerprint density at radius 3 is 2.23 bits per heavy atom. The van der Waals surface area contributed by atoms with Gasteiger partial charge in [0.2, 0.25) is 15.9 Å². The maximum atomic E-state index is 12.6. The van der Waals surface area contributed by atoms with E-state index in [4.69, 9.17) is 16.3 Å². The number of sulfonamides is 1. The number of halogens is 1. The van der Waals surface area contributed by atoms with Crippen molar-refractivity contribution in [2.45, 2.75) is 33.1 Å². The molecule has 31 heavy (non-hydrogen) atoms. The molecular formula is C22H27ClN2O5S. The Bertz CT molecular complexity index is 1060. The molecular weight excluding hydrogens is 440 g/mol. The lowest BCUT2D eigenvalue weighted by Crippen LogP contribution is -2.37. The van der Waals surface area contributed by atoms with Crippen molar-refractivity contribution in [1.29, 1.82) is 0 Å². The zero-order chi connectivity index (χ0) is 23.4. The summed E-state index contributed by atoms with van der Waals surface area (Å²) in [5.41, 5.74) is 1.75. The van der Waals surface area contributed by atoms with Crippen LogP contribution in [0.3, 0.4) is 0 Å². The highest BCUT2D eigenvalue weighted by Crippen LogP contribution is 2.26. The topological polar surface area (TPSA) is 92.8 Å². The molecule has 1 N–H and O–H groups in total. The Balaban J connectivity index is 2.23. The zero-order valence-corrected chi connectivity index (χ0v) is 19.8. The second kappa shape index (κ2) is 9.70. The third kappa shape index (κ3) is 6.70. The summed E-state index contributed by atoms with van der Waals surface area (Å²) in [7, 11) is -3.71. The number of esters is 1. The maximum Gasteiger partial charge on any atom is 0.339 e. The first kappa shape index (κ1) is 24.7. The Morgan fingerprint density at radius 1 is 1.10 bits per heavy atom. The van der Waals surface area contributed by atoms with Crippen LogP contribution in [0.5, 0.6) is 0 Å². The number of nitrogens with one attached hydrogen (secondary N) is 1. The van der Waals surface area contributed by atoms with Crippen molar-refractivity contribution >= 4 is 44.9 Å². The Kier molecular flexibility index (Phi) is 7.72. The summed E-state index contributed by atoms with van der Waals surface area (Å²) < 4.78 is 30.6. The molecule has 0 saturated heterocycles. The lowest BCUT2D eigenvalue weighted by atomic mass is 9.87. The summed E-state index contributed by atoms with van der Waals surface area (Å²) in [5.74, 6) is -1.18. The van der Waals surface area contributed by atoms with Crippen LogP contribution in [0.2, 0.25) is 5.02 Å². The second-order valence-corrected chi connectivity index (χ2v) is 10.3. The van der Waals surface area contributed by atoms with Gasteiger partial charge in [0, 0.05) is 5.69 Å². The third-order valence-corrected chi connectivity index (χ3v) is 5.92. The highest BCUT2D eigenvalue weighted by molar-refractivity contribution is 7.92. The van der Waals surface area contributed by atoms with E-state index in [0.717, 1.165) is 16.1 Å². The van der Waals surface area contributed by atoms with Gasteiger partial charge in [0.1, 0.15) is 6.54 Å². The number of nitrogens with zero attached hydrogens (tertiary/aromatic N) is 1. The molecule has 0 unspecified atom stereocenters. The molecule has 1 amide bonds. The molecule has 7 nitrogen and oxygen atoms in total. The average molecular weight is 467 g/mol. The summed E-state index contributed by atoms with van der Waals surface area (Å²) >= 11 is 6.03. The highest BCUT2D eigenvalue weighted by atomic mass is 35.5. The van der Waals surface area contributed by atoms with Gasteiger partial charge in [-0.1, -0.05) is 44.5 Å². The first-order valence-corrected chi connectivity index (χ1v) is 11.9. The number of benzene rings is 2. The molecule has 2 aromatic rings. The number of hydrogen-bond donors (Lipinski definition) is 1. The Hall–Kier alpha value is -2.58. The van der Waals surface area contributed by atoms with E-state index < -0.39 is 28.4 Å². The smallest absolute Gasteiger partial charge is 0.339 e. The van der Waals surface area contributed by atoms with E-state index in [2.05, 4.69) is 26.1 Å². The van der Waals surface area contributed by atoms with E-state index in [1.807, 2.05) is 12.1 Å². The van der Waals surface area contributed by atoms with E-state index in [0.29, 0.717) is 11.4 Å². The Labute approximate surface area is 188 Å². The molecule has 0 heterocycles. The van der Waals surface area contributed by atoms with E-state index in [-0.39, 0.29) is 22.6 Å². The van der Waals surface area contributed by atoms with Crippen molar-refractivity contribution < 1.29 is 22.7 Å². The summed E-state index contributed by atoms with van der Waals surface area (Å²) in [6.45, 7) is 7.60. The van der Waals surface area contributed by atoms with Crippen molar-refractivity contribution in [3.8, 4) is 0 Å². The number of ether oxygens (including phenoxy) is 1. The highest BCUT2D eigenvalue weighted by Gasteiger charge is 2.22. The van der Waals surface area contributed by atoms with Crippen LogP contribution >= 0.6 is 11.6 Å². The first-order valence-electron chi connectivity index (χ1n) is 9.67. The van der Waals surface area contributed by atoms with Crippen molar-refractivity contribution in [2.75, 3.05) is 29.0 Å². The fourth-order valence-electron chi connectivity index (χ4n) is 2.83. The van der Waals surface area contributed by atoms with Crippen LogP contribution in [-0.4, -0.2) is 39.7 Å². The number of rotatable bonds is 7. The first-order chi connectivity index (χ1) is 14.3. The van der Waals surface area contributed by atoms with Crippen LogP contribution in [0.25, 0.3) is 0 Å². The van der Waals surface area contributed by atoms with Crippen molar-refractivity contribution in [3.63, 3.8) is 0 Å². The average Bonchev–Trinajstić information content (AvgIpc) is 2.66. The fraction of sp³-hybridized carbons (Fsp3) is 0.364. The van der Waals surface area contributed by atoms with Crippen LogP contribution in [0.4, 0.5) is 11.4 Å². The monoisotopic (exact) mass is 466 g/mol. The van der Waals surface area contributed by atoms with Crippen molar-refractivity contribution in [1.82, 2.24) is 0 Å². The summed E-state index contributed by atoms with van der Waals surface area (Å²) in [6.07, 6.45) is 1.04. The molecule has 0 bridgehead atoms. The fourth-order valence-corrected chi connectivity index (χ4v) is 3.88. The molecule has 0 atom stereocenters. The van der Waals surface area contributed by atoms with Gasteiger partial charge in [-0.25, -0.2) is 13.2 Å². The second-order valence-electron chi connectivity index (χ2n) is 8.03. The minimum atomic E-state index is -3.71. The molecule has 0 spiro atoms. The third-order valence-electron chi connectivity index (χ3n) is 4.45. The van der Waals surface area contributed by atoms with Gasteiger partial charge in [0.05, 0.1) is 29.1 Å². The molecule has 2 aromatic carbocycles. The zero-order valence-electron chi connectivity index (χ0n) is 18.2. The number of carbonyl (C=O) groups excluding carboxylic acids is 2. The summed E-state index contributed by atoms with van der Waals surface area (Å²) in [6, 6.07) is 11.4. The molecule has 0 aromatic heterocycles. The van der Waals surface area contributed by atoms with Gasteiger partial charge >= 0.3 is 5.97 Å². The Morgan fingerprint density at radius 2 is 1.71 bits per heavy atom. The van der Waals surface area contributed by atoms with E-state index in [9.17, 15) is 18.0 Å². The van der Waals surface area contributed by atoms with Crippen LogP contribution in [0.15, 0.2) is 42.5 Å². The normalized spacial score (nSPS) is 11.7. The van der Waals surface area contributed by atoms with Crippen LogP contribution in [0, 0.1) is 0 Å². The molecule has 0 aliphatic heterocycles. The van der Waals surface area contributed by atoms with Gasteiger partial charge in [-0.3, -0.25) is 9.10 Å². The number of carbonyl (C=O) groups is 2. The molecule has 0 aliphatic carbocycles. The predicted octanol–water partition coefficient (Wildman–Crippen LogP) is 4.22. The molecule has 0 saturated carbocycles. The summed E-state index contributed by atoms with van der Waals surface area (Å²) in [5, 5.41) is 2.79. The van der Waals surface area contributed by atoms with Crippen LogP contribution in [-0.2, 0) is 25.0 Å².